The first-order chi connectivity index (χ1) is 18.5. The average Bonchev–Trinajstić information content (AvgIpc) is 3.34. The van der Waals surface area contributed by atoms with Crippen LogP contribution in [0.2, 0.25) is 0 Å². The van der Waals surface area contributed by atoms with Crippen molar-refractivity contribution in [1.29, 1.82) is 5.41 Å². The van der Waals surface area contributed by atoms with Gasteiger partial charge in [-0.3, -0.25) is 19.8 Å². The molecule has 214 valence electrons. The molecule has 0 bridgehead atoms. The van der Waals surface area contributed by atoms with Gasteiger partial charge in [-0.05, 0) is 51.5 Å². The molecule has 2 amide bonds. The van der Waals surface area contributed by atoms with Crippen LogP contribution in [-0.2, 0) is 35.9 Å². The lowest BCUT2D eigenvalue weighted by atomic mass is 10.0. The number of likely N-dealkylation sites (tertiary alicyclic amines) is 1. The number of ketones is 1. The van der Waals surface area contributed by atoms with Crippen LogP contribution < -0.4 is 11.1 Å². The summed E-state index contributed by atoms with van der Waals surface area (Å²) in [6, 6.07) is 7.69. The number of aliphatic carboxylic acids is 1. The van der Waals surface area contributed by atoms with Crippen LogP contribution in [0.25, 0.3) is 0 Å². The Balaban J connectivity index is 0.000000353. The van der Waals surface area contributed by atoms with Crippen LogP contribution >= 0.6 is 0 Å². The van der Waals surface area contributed by atoms with Gasteiger partial charge in [0, 0.05) is 25.2 Å². The molecule has 0 radical (unpaired) electrons. The Bertz CT molecular complexity index is 1100. The van der Waals surface area contributed by atoms with Gasteiger partial charge in [0.15, 0.2) is 5.96 Å². The van der Waals surface area contributed by atoms with Crippen LogP contribution in [0.3, 0.4) is 0 Å². The number of carbonyl (C=O) groups excluding carboxylic acids is 3. The Morgan fingerprint density at radius 1 is 1.18 bits per heavy atom. The van der Waals surface area contributed by atoms with Crippen LogP contribution in [-0.4, -0.2) is 96.7 Å². The van der Waals surface area contributed by atoms with Gasteiger partial charge in [0.2, 0.25) is 11.8 Å². The number of carboxylic acid groups (broad SMARTS) is 1. The number of nitrogens with zero attached hydrogens (tertiary/aromatic N) is 3. The number of carbonyl (C=O) groups is 4. The van der Waals surface area contributed by atoms with E-state index >= 15 is 0 Å². The highest BCUT2D eigenvalue weighted by atomic mass is 32.2. The molecule has 12 nitrogen and oxygen atoms in total. The molecule has 0 spiro atoms. The fourth-order valence-corrected chi connectivity index (χ4v) is 6.46. The number of piperidine rings is 1. The average molecular weight is 563 g/mol. The number of amides is 2. The molecule has 3 fully saturated rings. The molecule has 5 atom stereocenters. The molecule has 5 unspecified atom stereocenters. The Labute approximate surface area is 231 Å². The SMILES string of the molecule is CC(NC(=O)C1CCC2CN(S(=O)Cc3ccccc3)CC(=O)N21)C(=O)C(=O)O.CC1CCCCN1C(=N)N. The number of fused-ring (bicyclic) bond motifs is 1. The predicted octanol–water partition coefficient (Wildman–Crippen LogP) is 0.438. The van der Waals surface area contributed by atoms with Crippen LogP contribution in [0.1, 0.15) is 51.5 Å². The van der Waals surface area contributed by atoms with Crippen molar-refractivity contribution in [2.45, 2.75) is 75.9 Å². The van der Waals surface area contributed by atoms with Crippen molar-refractivity contribution in [1.82, 2.24) is 19.4 Å². The summed E-state index contributed by atoms with van der Waals surface area (Å²) in [6.45, 7) is 4.74. The van der Waals surface area contributed by atoms with E-state index in [4.69, 9.17) is 16.2 Å². The second-order valence-corrected chi connectivity index (χ2v) is 11.6. The minimum Gasteiger partial charge on any atom is -0.475 e. The van der Waals surface area contributed by atoms with Crippen molar-refractivity contribution < 1.29 is 28.5 Å². The normalized spacial score (nSPS) is 24.6. The number of rotatable bonds is 7. The fraction of sp³-hybridized carbons (Fsp3) is 0.577. The Hall–Kier alpha value is -3.32. The Kier molecular flexibility index (Phi) is 10.6. The smallest absolute Gasteiger partial charge is 0.374 e. The fourth-order valence-electron chi connectivity index (χ4n) is 5.21. The number of carboxylic acids is 1. The molecule has 0 aromatic heterocycles. The van der Waals surface area contributed by atoms with Gasteiger partial charge in [0.05, 0.1) is 29.3 Å². The van der Waals surface area contributed by atoms with E-state index in [1.807, 2.05) is 35.2 Å². The number of hydrogen-bond acceptors (Lipinski definition) is 6. The number of guanidine groups is 1. The van der Waals surface area contributed by atoms with E-state index in [9.17, 15) is 23.4 Å². The van der Waals surface area contributed by atoms with Crippen molar-refractivity contribution in [3.05, 3.63) is 35.9 Å². The van der Waals surface area contributed by atoms with Gasteiger partial charge in [-0.2, -0.15) is 0 Å². The third-order valence-corrected chi connectivity index (χ3v) is 8.75. The molecule has 3 aliphatic heterocycles. The minimum atomic E-state index is -1.62. The first kappa shape index (κ1) is 30.2. The van der Waals surface area contributed by atoms with Gasteiger partial charge < -0.3 is 26.0 Å². The molecule has 1 aromatic rings. The van der Waals surface area contributed by atoms with E-state index < -0.39 is 40.7 Å². The van der Waals surface area contributed by atoms with Gasteiger partial charge in [-0.15, -0.1) is 0 Å². The standard InChI is InChI=1S/C19H23N3O6S.C7H15N3/c1-12(17(24)19(26)27)20-18(25)15-8-7-14-9-21(10-16(23)22(14)15)29(28)11-13-5-3-2-4-6-13;1-6-4-2-3-5-10(6)7(8)9/h2-6,12,14-15H,7-11H2,1H3,(H,20,25)(H,26,27);6H,2-5H2,1H3,(H3,8,9). The molecule has 0 aliphatic carbocycles. The number of piperazine rings is 1. The van der Waals surface area contributed by atoms with Crippen molar-refractivity contribution in [3.63, 3.8) is 0 Å². The maximum atomic E-state index is 12.7. The molecule has 3 aliphatic rings. The van der Waals surface area contributed by atoms with E-state index in [2.05, 4.69) is 12.2 Å². The lowest BCUT2D eigenvalue weighted by Gasteiger charge is -2.38. The summed E-state index contributed by atoms with van der Waals surface area (Å²) in [7, 11) is -1.35. The lowest BCUT2D eigenvalue weighted by molar-refractivity contribution is -0.150. The number of Topliss-reactive ketones (excluding diaryl/α,β-unsaturated/α-hetero) is 1. The third kappa shape index (κ3) is 7.85. The van der Waals surface area contributed by atoms with Gasteiger partial charge >= 0.3 is 5.97 Å². The number of hydrogen-bond donors (Lipinski definition) is 4. The largest absolute Gasteiger partial charge is 0.475 e. The zero-order valence-corrected chi connectivity index (χ0v) is 23.2. The van der Waals surface area contributed by atoms with Crippen molar-refractivity contribution in [3.8, 4) is 0 Å². The number of nitrogens with one attached hydrogen (secondary N) is 2. The van der Waals surface area contributed by atoms with Gasteiger partial charge in [0.25, 0.3) is 5.78 Å². The minimum absolute atomic E-state index is 0.0522. The van der Waals surface area contributed by atoms with Crippen LogP contribution in [0.4, 0.5) is 0 Å². The summed E-state index contributed by atoms with van der Waals surface area (Å²) in [5, 5.41) is 18.4. The summed E-state index contributed by atoms with van der Waals surface area (Å²) < 4.78 is 14.3. The molecule has 0 saturated carbocycles. The molecule has 39 heavy (non-hydrogen) atoms. The van der Waals surface area contributed by atoms with E-state index in [1.165, 1.54) is 31.1 Å². The Morgan fingerprint density at radius 2 is 1.87 bits per heavy atom. The highest BCUT2D eigenvalue weighted by Gasteiger charge is 2.46. The molecule has 13 heteroatoms. The maximum absolute atomic E-state index is 12.7. The quantitative estimate of drug-likeness (QED) is 0.210. The summed E-state index contributed by atoms with van der Waals surface area (Å²) in [4.78, 5) is 50.9. The van der Waals surface area contributed by atoms with Crippen molar-refractivity contribution >= 4 is 40.5 Å². The zero-order chi connectivity index (χ0) is 28.7. The van der Waals surface area contributed by atoms with E-state index in [0.29, 0.717) is 31.2 Å². The predicted molar refractivity (Wildman–Crippen MR) is 146 cm³/mol. The second kappa shape index (κ2) is 13.7. The number of nitrogens with two attached hydrogens (primary N) is 1. The van der Waals surface area contributed by atoms with Gasteiger partial charge in [-0.1, -0.05) is 30.3 Å². The molecular formula is C26H38N6O6S. The highest BCUT2D eigenvalue weighted by Crippen LogP contribution is 2.29. The van der Waals surface area contributed by atoms with Gasteiger partial charge in [-0.25, -0.2) is 13.3 Å². The molecular weight excluding hydrogens is 524 g/mol. The maximum Gasteiger partial charge on any atom is 0.374 e. The molecule has 5 N–H and O–H groups in total. The summed E-state index contributed by atoms with van der Waals surface area (Å²) in [5.41, 5.74) is 6.28. The van der Waals surface area contributed by atoms with E-state index in [1.54, 1.807) is 4.31 Å². The summed E-state index contributed by atoms with van der Waals surface area (Å²) in [5.74, 6) is -3.01. The van der Waals surface area contributed by atoms with Gasteiger partial charge in [0.1, 0.15) is 6.04 Å². The topological polar surface area (TPSA) is 177 Å². The van der Waals surface area contributed by atoms with E-state index in [-0.39, 0.29) is 24.5 Å². The Morgan fingerprint density at radius 3 is 2.46 bits per heavy atom. The zero-order valence-electron chi connectivity index (χ0n) is 22.4. The van der Waals surface area contributed by atoms with Crippen LogP contribution in [0.5, 0.6) is 0 Å². The molecule has 4 rings (SSSR count). The van der Waals surface area contributed by atoms with Crippen molar-refractivity contribution in [2.24, 2.45) is 5.73 Å². The number of benzene rings is 1. The molecule has 3 saturated heterocycles. The highest BCUT2D eigenvalue weighted by molar-refractivity contribution is 7.81. The van der Waals surface area contributed by atoms with Crippen LogP contribution in [0, 0.1) is 5.41 Å². The molecule has 3 heterocycles. The summed E-state index contributed by atoms with van der Waals surface area (Å²) in [6.07, 6.45) is 4.63. The third-order valence-electron chi connectivity index (χ3n) is 7.32. The monoisotopic (exact) mass is 562 g/mol. The van der Waals surface area contributed by atoms with E-state index in [0.717, 1.165) is 12.1 Å². The first-order valence-corrected chi connectivity index (χ1v) is 14.4. The second-order valence-electron chi connectivity index (χ2n) is 10.1. The van der Waals surface area contributed by atoms with Crippen molar-refractivity contribution in [2.75, 3.05) is 19.6 Å². The summed E-state index contributed by atoms with van der Waals surface area (Å²) >= 11 is 0. The molecule has 1 aromatic carbocycles. The first-order valence-electron chi connectivity index (χ1n) is 13.2. The van der Waals surface area contributed by atoms with Crippen LogP contribution in [0.15, 0.2) is 30.3 Å². The lowest BCUT2D eigenvalue weighted by Crippen LogP contribution is -2.59.